The Morgan fingerprint density at radius 2 is 1.56 bits per heavy atom. The Hall–Kier alpha value is -1.74. The summed E-state index contributed by atoms with van der Waals surface area (Å²) in [4.78, 5) is 0. The van der Waals surface area contributed by atoms with Gasteiger partial charge in [0.25, 0.3) is 0 Å². The first-order valence-electron chi connectivity index (χ1n) is 11.3. The van der Waals surface area contributed by atoms with Crippen molar-refractivity contribution in [2.75, 3.05) is 6.16 Å². The molecule has 0 radical (unpaired) electrons. The van der Waals surface area contributed by atoms with E-state index in [9.17, 15) is 8.96 Å². The van der Waals surface area contributed by atoms with Crippen molar-refractivity contribution < 1.29 is 13.4 Å². The van der Waals surface area contributed by atoms with Crippen LogP contribution in [0.3, 0.4) is 0 Å². The van der Waals surface area contributed by atoms with Crippen LogP contribution in [0.4, 0.5) is 4.39 Å². The molecule has 172 valence electrons. The first-order chi connectivity index (χ1) is 14.9. The normalized spacial score (nSPS) is 21.7. The van der Waals surface area contributed by atoms with Crippen LogP contribution in [-0.2, 0) is 8.99 Å². The van der Waals surface area contributed by atoms with Gasteiger partial charge in [0.15, 0.2) is 8.32 Å². The second-order valence-corrected chi connectivity index (χ2v) is 17.9. The average molecular weight is 471 g/mol. The number of hydrogen-bond acceptors (Lipinski definition) is 2. The standard InChI is InChI=1S/C27H36FO2PSi/c1-21-22(19-23(20-26(21)28)30-32(5,6)27(2,3)4)17-18-31(29,24-13-9-7-10-14-24)25-15-11-8-12-16-25/h7-17,23,26H,1,18-20H2,2-6H3/t23-,26+/m1/s1. The van der Waals surface area contributed by atoms with Crippen molar-refractivity contribution in [2.24, 2.45) is 0 Å². The summed E-state index contributed by atoms with van der Waals surface area (Å²) in [5.41, 5.74) is 1.35. The van der Waals surface area contributed by atoms with Gasteiger partial charge in [0, 0.05) is 23.2 Å². The highest BCUT2D eigenvalue weighted by molar-refractivity contribution is 7.78. The van der Waals surface area contributed by atoms with E-state index in [-0.39, 0.29) is 11.1 Å². The largest absolute Gasteiger partial charge is 0.413 e. The third-order valence-corrected chi connectivity index (χ3v) is 14.4. The maximum atomic E-state index is 14.9. The summed E-state index contributed by atoms with van der Waals surface area (Å²) in [7, 11) is -4.91. The molecule has 32 heavy (non-hydrogen) atoms. The topological polar surface area (TPSA) is 26.3 Å². The van der Waals surface area contributed by atoms with E-state index in [1.54, 1.807) is 0 Å². The molecule has 0 heterocycles. The van der Waals surface area contributed by atoms with E-state index in [2.05, 4.69) is 40.4 Å². The molecule has 0 aliphatic heterocycles. The molecule has 0 amide bonds. The smallest absolute Gasteiger partial charge is 0.192 e. The van der Waals surface area contributed by atoms with Crippen molar-refractivity contribution in [2.45, 2.75) is 64.0 Å². The van der Waals surface area contributed by atoms with E-state index in [0.29, 0.717) is 24.6 Å². The molecule has 2 nitrogen and oxygen atoms in total. The van der Waals surface area contributed by atoms with Crippen molar-refractivity contribution in [1.82, 2.24) is 0 Å². The SMILES string of the molecule is C=C1C(=CCP(=O)(c2ccccc2)c2ccccc2)C[C@@H](O[Si](C)(C)C(C)(C)C)C[C@@H]1F. The summed E-state index contributed by atoms with van der Waals surface area (Å²) in [5.74, 6) is 0. The Labute approximate surface area is 194 Å². The van der Waals surface area contributed by atoms with E-state index in [1.165, 1.54) is 0 Å². The Balaban J connectivity index is 1.90. The first kappa shape index (κ1) is 24.9. The number of benzene rings is 2. The van der Waals surface area contributed by atoms with Gasteiger partial charge in [0.1, 0.15) is 13.3 Å². The molecule has 1 aliphatic carbocycles. The molecule has 0 saturated heterocycles. The van der Waals surface area contributed by atoms with Crippen LogP contribution < -0.4 is 10.6 Å². The molecule has 0 unspecified atom stereocenters. The molecule has 2 atom stereocenters. The van der Waals surface area contributed by atoms with Gasteiger partial charge in [-0.25, -0.2) is 4.39 Å². The monoisotopic (exact) mass is 470 g/mol. The van der Waals surface area contributed by atoms with E-state index >= 15 is 0 Å². The molecule has 5 heteroatoms. The molecule has 2 aromatic carbocycles. The molecule has 1 fully saturated rings. The lowest BCUT2D eigenvalue weighted by molar-refractivity contribution is 0.131. The second-order valence-electron chi connectivity index (χ2n) is 10.3. The minimum Gasteiger partial charge on any atom is -0.413 e. The van der Waals surface area contributed by atoms with Gasteiger partial charge in [-0.3, -0.25) is 0 Å². The third kappa shape index (κ3) is 5.42. The Morgan fingerprint density at radius 1 is 1.06 bits per heavy atom. The maximum Gasteiger partial charge on any atom is 0.192 e. The summed E-state index contributed by atoms with van der Waals surface area (Å²) >= 11 is 0. The van der Waals surface area contributed by atoms with Crippen LogP contribution in [0.2, 0.25) is 18.1 Å². The lowest BCUT2D eigenvalue weighted by atomic mass is 9.87. The van der Waals surface area contributed by atoms with Crippen LogP contribution in [0.15, 0.2) is 84.5 Å². The highest BCUT2D eigenvalue weighted by Gasteiger charge is 2.41. The summed E-state index contributed by atoms with van der Waals surface area (Å²) in [6, 6.07) is 19.2. The van der Waals surface area contributed by atoms with Gasteiger partial charge >= 0.3 is 0 Å². The van der Waals surface area contributed by atoms with Gasteiger partial charge in [0.05, 0.1) is 6.10 Å². The van der Waals surface area contributed by atoms with Crippen LogP contribution in [0, 0.1) is 0 Å². The lowest BCUT2D eigenvalue weighted by Gasteiger charge is -2.41. The van der Waals surface area contributed by atoms with Crippen molar-refractivity contribution in [1.29, 1.82) is 0 Å². The lowest BCUT2D eigenvalue weighted by Crippen LogP contribution is -2.45. The van der Waals surface area contributed by atoms with Crippen molar-refractivity contribution in [3.8, 4) is 0 Å². The van der Waals surface area contributed by atoms with E-state index in [0.717, 1.165) is 16.2 Å². The molecule has 3 rings (SSSR count). The van der Waals surface area contributed by atoms with Crippen molar-refractivity contribution in [3.63, 3.8) is 0 Å². The molecular formula is C27H36FO2PSi. The molecule has 1 aliphatic rings. The van der Waals surface area contributed by atoms with Gasteiger partial charge in [0.2, 0.25) is 0 Å². The van der Waals surface area contributed by atoms with Crippen LogP contribution in [0.1, 0.15) is 33.6 Å². The fourth-order valence-electron chi connectivity index (χ4n) is 3.87. The van der Waals surface area contributed by atoms with Gasteiger partial charge in [-0.2, -0.15) is 0 Å². The fraction of sp³-hybridized carbons (Fsp3) is 0.407. The van der Waals surface area contributed by atoms with E-state index < -0.39 is 21.6 Å². The molecule has 2 aromatic rings. The molecule has 0 N–H and O–H groups in total. The van der Waals surface area contributed by atoms with Crippen LogP contribution in [-0.4, -0.2) is 26.8 Å². The number of halogens is 1. The second kappa shape index (κ2) is 9.63. The van der Waals surface area contributed by atoms with Crippen molar-refractivity contribution in [3.05, 3.63) is 84.5 Å². The summed E-state index contributed by atoms with van der Waals surface area (Å²) in [6.07, 6.45) is 1.96. The quantitative estimate of drug-likeness (QED) is 0.335. The number of rotatable bonds is 6. The van der Waals surface area contributed by atoms with Gasteiger partial charge in [-0.15, -0.1) is 0 Å². The van der Waals surface area contributed by atoms with Crippen LogP contribution in [0.25, 0.3) is 0 Å². The zero-order valence-electron chi connectivity index (χ0n) is 20.0. The molecule has 0 aromatic heterocycles. The fourth-order valence-corrected chi connectivity index (χ4v) is 7.74. The van der Waals surface area contributed by atoms with Gasteiger partial charge < -0.3 is 8.99 Å². The van der Waals surface area contributed by atoms with Gasteiger partial charge in [-0.05, 0) is 35.7 Å². The Kier molecular flexibility index (Phi) is 7.49. The van der Waals surface area contributed by atoms with E-state index in [4.69, 9.17) is 4.43 Å². The molecule has 0 bridgehead atoms. The predicted molar refractivity (Wildman–Crippen MR) is 138 cm³/mol. The minimum absolute atomic E-state index is 0.0630. The highest BCUT2D eigenvalue weighted by Crippen LogP contribution is 2.45. The zero-order chi connectivity index (χ0) is 23.6. The Bertz CT molecular complexity index is 965. The first-order valence-corrected chi connectivity index (χ1v) is 16.1. The predicted octanol–water partition coefficient (Wildman–Crippen LogP) is 7.01. The maximum absolute atomic E-state index is 14.9. The number of allylic oxidation sites excluding steroid dienone is 2. The molecular weight excluding hydrogens is 434 g/mol. The summed E-state index contributed by atoms with van der Waals surface area (Å²) in [5, 5.41) is 1.69. The van der Waals surface area contributed by atoms with Crippen LogP contribution >= 0.6 is 7.14 Å². The summed E-state index contributed by atoms with van der Waals surface area (Å²) in [6.45, 7) is 15.0. The number of alkyl halides is 1. The average Bonchev–Trinajstić information content (AvgIpc) is 2.75. The van der Waals surface area contributed by atoms with E-state index in [1.807, 2.05) is 66.7 Å². The molecule has 1 saturated carbocycles. The highest BCUT2D eigenvalue weighted by atomic mass is 31.2. The minimum atomic E-state index is -2.90. The summed E-state index contributed by atoms with van der Waals surface area (Å²) < 4.78 is 35.8. The van der Waals surface area contributed by atoms with Crippen molar-refractivity contribution >= 4 is 26.1 Å². The Morgan fingerprint density at radius 3 is 2.03 bits per heavy atom. The van der Waals surface area contributed by atoms with Gasteiger partial charge in [-0.1, -0.05) is 94.1 Å². The molecule has 0 spiro atoms. The van der Waals surface area contributed by atoms with Crippen LogP contribution in [0.5, 0.6) is 0 Å². The third-order valence-electron chi connectivity index (χ3n) is 6.92. The zero-order valence-corrected chi connectivity index (χ0v) is 21.9. The number of hydrogen-bond donors (Lipinski definition) is 0.